The largest absolute Gasteiger partial charge is 0.496 e. The smallest absolute Gasteiger partial charge is 0.268 e. The van der Waals surface area contributed by atoms with Crippen LogP contribution in [-0.2, 0) is 9.59 Å². The molecule has 2 heterocycles. The number of amides is 3. The van der Waals surface area contributed by atoms with Crippen LogP contribution in [0.15, 0.2) is 24.3 Å². The number of carbonyl (C=O) groups excluding carboxylic acids is 3. The minimum Gasteiger partial charge on any atom is -0.496 e. The number of methoxy groups -OCH3 is 1. The van der Waals surface area contributed by atoms with Crippen molar-refractivity contribution in [3.8, 4) is 17.9 Å². The number of benzene rings is 1. The van der Waals surface area contributed by atoms with Crippen LogP contribution in [0, 0.1) is 28.6 Å². The molecule has 160 valence electrons. The fourth-order valence-corrected chi connectivity index (χ4v) is 3.53. The molecule has 0 bridgehead atoms. The lowest BCUT2D eigenvalue weighted by atomic mass is 9.99. The van der Waals surface area contributed by atoms with Gasteiger partial charge in [-0.1, -0.05) is 6.07 Å². The zero-order valence-electron chi connectivity index (χ0n) is 16.9. The molecule has 1 aromatic heterocycles. The summed E-state index contributed by atoms with van der Waals surface area (Å²) in [5, 5.41) is 26.9. The lowest BCUT2D eigenvalue weighted by Gasteiger charge is -2.19. The van der Waals surface area contributed by atoms with Gasteiger partial charge in [0.25, 0.3) is 5.91 Å². The van der Waals surface area contributed by atoms with Crippen LogP contribution in [-0.4, -0.2) is 48.4 Å². The summed E-state index contributed by atoms with van der Waals surface area (Å²) in [5.74, 6) is -1.14. The van der Waals surface area contributed by atoms with Gasteiger partial charge in [0.15, 0.2) is 0 Å². The van der Waals surface area contributed by atoms with E-state index >= 15 is 0 Å². The monoisotopic (exact) mass is 422 g/mol. The third-order valence-electron chi connectivity index (χ3n) is 5.16. The Morgan fingerprint density at radius 1 is 1.32 bits per heavy atom. The summed E-state index contributed by atoms with van der Waals surface area (Å²) in [4.78, 5) is 40.0. The molecule has 3 unspecified atom stereocenters. The number of aromatic nitrogens is 1. The van der Waals surface area contributed by atoms with Gasteiger partial charge >= 0.3 is 0 Å². The van der Waals surface area contributed by atoms with E-state index < -0.39 is 23.9 Å². The Bertz CT molecular complexity index is 1080. The van der Waals surface area contributed by atoms with E-state index in [1.165, 1.54) is 7.11 Å². The van der Waals surface area contributed by atoms with Crippen molar-refractivity contribution < 1.29 is 19.1 Å². The van der Waals surface area contributed by atoms with E-state index in [9.17, 15) is 19.6 Å². The molecule has 1 aliphatic rings. The molecule has 4 N–H and O–H groups in total. The van der Waals surface area contributed by atoms with Crippen molar-refractivity contribution in [2.45, 2.75) is 31.3 Å². The Balaban J connectivity index is 1.69. The first-order chi connectivity index (χ1) is 15.0. The van der Waals surface area contributed by atoms with Crippen LogP contribution in [0.3, 0.4) is 0 Å². The molecule has 10 heteroatoms. The summed E-state index contributed by atoms with van der Waals surface area (Å²) in [5.41, 5.74) is 0.889. The van der Waals surface area contributed by atoms with Gasteiger partial charge in [-0.25, -0.2) is 0 Å². The number of nitrogens with one attached hydrogen (secondary N) is 4. The summed E-state index contributed by atoms with van der Waals surface area (Å²) >= 11 is 0. The standard InChI is InChI=1S/C21H22N6O4/c1-31-18-4-2-3-15-14(18)10-17(26-15)21(30)27-16(5-7-22)20(29)25-13(11-23)9-12-6-8-24-19(12)28/h2-4,10,12-13,16,26H,5-6,8-9H2,1H3,(H,24,28)(H,25,29)(H,27,30). The minimum absolute atomic E-state index is 0.148. The summed E-state index contributed by atoms with van der Waals surface area (Å²) in [6.45, 7) is 0.540. The molecule has 0 aliphatic carbocycles. The minimum atomic E-state index is -1.15. The van der Waals surface area contributed by atoms with Crippen molar-refractivity contribution in [1.82, 2.24) is 20.9 Å². The average molecular weight is 422 g/mol. The summed E-state index contributed by atoms with van der Waals surface area (Å²) in [6.07, 6.45) is 0.487. The zero-order valence-corrected chi connectivity index (χ0v) is 16.9. The molecule has 1 saturated heterocycles. The van der Waals surface area contributed by atoms with Crippen molar-refractivity contribution >= 4 is 28.6 Å². The highest BCUT2D eigenvalue weighted by molar-refractivity contribution is 6.01. The van der Waals surface area contributed by atoms with E-state index in [1.54, 1.807) is 24.3 Å². The molecule has 1 aromatic carbocycles. The van der Waals surface area contributed by atoms with Crippen LogP contribution in [0.5, 0.6) is 5.75 Å². The van der Waals surface area contributed by atoms with Gasteiger partial charge < -0.3 is 25.7 Å². The van der Waals surface area contributed by atoms with Gasteiger partial charge in [-0.2, -0.15) is 10.5 Å². The second-order valence-electron chi connectivity index (χ2n) is 7.20. The van der Waals surface area contributed by atoms with Gasteiger partial charge in [0.1, 0.15) is 23.5 Å². The van der Waals surface area contributed by atoms with Crippen LogP contribution in [0.4, 0.5) is 0 Å². The van der Waals surface area contributed by atoms with E-state index in [2.05, 4.69) is 20.9 Å². The molecule has 3 amide bonds. The molecule has 1 aliphatic heterocycles. The number of hydrogen-bond acceptors (Lipinski definition) is 6. The molecule has 1 fully saturated rings. The van der Waals surface area contributed by atoms with Crippen molar-refractivity contribution in [2.75, 3.05) is 13.7 Å². The first-order valence-electron chi connectivity index (χ1n) is 9.78. The second-order valence-corrected chi connectivity index (χ2v) is 7.20. The Morgan fingerprint density at radius 2 is 2.13 bits per heavy atom. The molecular formula is C21H22N6O4. The van der Waals surface area contributed by atoms with Crippen LogP contribution in [0.2, 0.25) is 0 Å². The van der Waals surface area contributed by atoms with Crippen LogP contribution in [0.25, 0.3) is 10.9 Å². The molecule has 3 atom stereocenters. The predicted octanol–water partition coefficient (Wildman–Crippen LogP) is 0.723. The first-order valence-corrected chi connectivity index (χ1v) is 9.78. The SMILES string of the molecule is COc1cccc2[nH]c(C(=O)NC(CC#N)C(=O)NC(C#N)CC3CCNC3=O)cc12. The van der Waals surface area contributed by atoms with E-state index in [0.29, 0.717) is 29.6 Å². The van der Waals surface area contributed by atoms with Crippen molar-refractivity contribution in [1.29, 1.82) is 10.5 Å². The fraction of sp³-hybridized carbons (Fsp3) is 0.381. The lowest BCUT2D eigenvalue weighted by Crippen LogP contribution is -2.49. The van der Waals surface area contributed by atoms with Crippen LogP contribution >= 0.6 is 0 Å². The highest BCUT2D eigenvalue weighted by Gasteiger charge is 2.30. The van der Waals surface area contributed by atoms with Crippen LogP contribution in [0.1, 0.15) is 29.8 Å². The number of carbonyl (C=O) groups is 3. The number of H-pyrrole nitrogens is 1. The van der Waals surface area contributed by atoms with E-state index in [1.807, 2.05) is 12.1 Å². The highest BCUT2D eigenvalue weighted by atomic mass is 16.5. The van der Waals surface area contributed by atoms with Gasteiger partial charge in [0, 0.05) is 23.4 Å². The topological polar surface area (TPSA) is 160 Å². The zero-order chi connectivity index (χ0) is 22.4. The number of nitrogens with zero attached hydrogens (tertiary/aromatic N) is 2. The maximum atomic E-state index is 12.7. The highest BCUT2D eigenvalue weighted by Crippen LogP contribution is 2.26. The maximum Gasteiger partial charge on any atom is 0.268 e. The number of nitriles is 2. The fourth-order valence-electron chi connectivity index (χ4n) is 3.53. The number of hydrogen-bond donors (Lipinski definition) is 4. The van der Waals surface area contributed by atoms with Gasteiger partial charge in [0.05, 0.1) is 25.7 Å². The Morgan fingerprint density at radius 3 is 2.77 bits per heavy atom. The van der Waals surface area contributed by atoms with Gasteiger partial charge in [-0.15, -0.1) is 0 Å². The van der Waals surface area contributed by atoms with Gasteiger partial charge in [0.2, 0.25) is 11.8 Å². The Labute approximate surface area is 178 Å². The lowest BCUT2D eigenvalue weighted by molar-refractivity contribution is -0.125. The molecule has 31 heavy (non-hydrogen) atoms. The van der Waals surface area contributed by atoms with E-state index in [0.717, 1.165) is 0 Å². The first kappa shape index (κ1) is 21.7. The third kappa shape index (κ3) is 4.93. The molecule has 0 saturated carbocycles. The van der Waals surface area contributed by atoms with Crippen molar-refractivity contribution in [2.24, 2.45) is 5.92 Å². The molecule has 3 rings (SSSR count). The summed E-state index contributed by atoms with van der Waals surface area (Å²) in [6, 6.07) is 8.69. The number of fused-ring (bicyclic) bond motifs is 1. The average Bonchev–Trinajstić information content (AvgIpc) is 3.38. The molecule has 0 radical (unpaired) electrons. The summed E-state index contributed by atoms with van der Waals surface area (Å²) in [7, 11) is 1.52. The Kier molecular flexibility index (Phi) is 6.73. The third-order valence-corrected chi connectivity index (χ3v) is 5.16. The molecular weight excluding hydrogens is 400 g/mol. The van der Waals surface area contributed by atoms with E-state index in [-0.39, 0.29) is 30.4 Å². The summed E-state index contributed by atoms with van der Waals surface area (Å²) < 4.78 is 5.28. The maximum absolute atomic E-state index is 12.7. The quantitative estimate of drug-likeness (QED) is 0.490. The Hall–Kier alpha value is -4.05. The number of aromatic amines is 1. The van der Waals surface area contributed by atoms with Crippen LogP contribution < -0.4 is 20.7 Å². The van der Waals surface area contributed by atoms with Gasteiger partial charge in [-0.05, 0) is 31.0 Å². The normalized spacial score (nSPS) is 17.1. The molecule has 10 nitrogen and oxygen atoms in total. The van der Waals surface area contributed by atoms with Crippen molar-refractivity contribution in [3.63, 3.8) is 0 Å². The van der Waals surface area contributed by atoms with Crippen molar-refractivity contribution in [3.05, 3.63) is 30.0 Å². The van der Waals surface area contributed by atoms with E-state index in [4.69, 9.17) is 10.00 Å². The second kappa shape index (κ2) is 9.63. The molecule has 2 aromatic rings. The molecule has 0 spiro atoms. The number of rotatable bonds is 8. The number of ether oxygens (including phenoxy) is 1. The predicted molar refractivity (Wildman–Crippen MR) is 110 cm³/mol. The van der Waals surface area contributed by atoms with Gasteiger partial charge in [-0.3, -0.25) is 14.4 Å².